The number of carbonyl (C=O) groups is 2. The average molecular weight is 317 g/mol. The van der Waals surface area contributed by atoms with Crippen molar-refractivity contribution in [3.05, 3.63) is 36.0 Å². The van der Waals surface area contributed by atoms with Gasteiger partial charge in [-0.25, -0.2) is 0 Å². The molecule has 7 nitrogen and oxygen atoms in total. The number of carboxylic acids is 1. The van der Waals surface area contributed by atoms with Gasteiger partial charge in [-0.2, -0.15) is 5.10 Å². The second-order valence-electron chi connectivity index (χ2n) is 5.11. The predicted octanol–water partition coefficient (Wildman–Crippen LogP) is 2.02. The molecule has 0 fully saturated rings. The van der Waals surface area contributed by atoms with Crippen LogP contribution in [0.2, 0.25) is 0 Å². The van der Waals surface area contributed by atoms with E-state index in [-0.39, 0.29) is 12.3 Å². The first kappa shape index (κ1) is 16.5. The van der Waals surface area contributed by atoms with Gasteiger partial charge in [0, 0.05) is 25.6 Å². The SMILES string of the molecule is COc1ccc(-c2[nH]ncc2C(=O)N(C)CCCC(=O)O)cc1. The Morgan fingerprint density at radius 2 is 2.00 bits per heavy atom. The van der Waals surface area contributed by atoms with E-state index in [2.05, 4.69) is 10.2 Å². The zero-order chi connectivity index (χ0) is 16.8. The standard InChI is InChI=1S/C16H19N3O4/c1-19(9-3-4-14(20)21)16(22)13-10-17-18-15(13)11-5-7-12(23-2)8-6-11/h5-8,10H,3-4,9H2,1-2H3,(H,17,18)(H,20,21). The fraction of sp³-hybridized carbons (Fsp3) is 0.312. The monoisotopic (exact) mass is 317 g/mol. The number of ether oxygens (including phenoxy) is 1. The Labute approximate surface area is 133 Å². The van der Waals surface area contributed by atoms with E-state index in [1.165, 1.54) is 11.1 Å². The number of amides is 1. The van der Waals surface area contributed by atoms with Crippen LogP contribution in [0.4, 0.5) is 0 Å². The minimum atomic E-state index is -0.868. The number of carboxylic acid groups (broad SMARTS) is 1. The molecule has 0 saturated carbocycles. The molecule has 0 aliphatic heterocycles. The van der Waals surface area contributed by atoms with Crippen LogP contribution in [-0.4, -0.2) is 52.8 Å². The van der Waals surface area contributed by atoms with Crippen molar-refractivity contribution >= 4 is 11.9 Å². The predicted molar refractivity (Wildman–Crippen MR) is 84.4 cm³/mol. The van der Waals surface area contributed by atoms with E-state index in [1.54, 1.807) is 26.3 Å². The summed E-state index contributed by atoms with van der Waals surface area (Å²) >= 11 is 0. The highest BCUT2D eigenvalue weighted by atomic mass is 16.5. The largest absolute Gasteiger partial charge is 0.497 e. The Balaban J connectivity index is 2.12. The molecule has 122 valence electrons. The third-order valence-corrected chi connectivity index (χ3v) is 3.48. The van der Waals surface area contributed by atoms with E-state index < -0.39 is 5.97 Å². The molecule has 7 heteroatoms. The van der Waals surface area contributed by atoms with Crippen molar-refractivity contribution in [3.63, 3.8) is 0 Å². The number of nitrogens with one attached hydrogen (secondary N) is 1. The number of benzene rings is 1. The van der Waals surface area contributed by atoms with Gasteiger partial charge in [-0.05, 0) is 30.7 Å². The molecule has 2 N–H and O–H groups in total. The maximum Gasteiger partial charge on any atom is 0.303 e. The summed E-state index contributed by atoms with van der Waals surface area (Å²) in [5.74, 6) is -0.338. The topological polar surface area (TPSA) is 95.5 Å². The molecule has 1 heterocycles. The molecule has 0 atom stereocenters. The van der Waals surface area contributed by atoms with E-state index in [4.69, 9.17) is 9.84 Å². The van der Waals surface area contributed by atoms with Crippen molar-refractivity contribution in [3.8, 4) is 17.0 Å². The molecule has 0 saturated heterocycles. The van der Waals surface area contributed by atoms with E-state index in [0.29, 0.717) is 24.2 Å². The van der Waals surface area contributed by atoms with Gasteiger partial charge >= 0.3 is 5.97 Å². The number of aliphatic carboxylic acids is 1. The van der Waals surface area contributed by atoms with Crippen LogP contribution >= 0.6 is 0 Å². The number of hydrogen-bond donors (Lipinski definition) is 2. The molecule has 1 amide bonds. The highest BCUT2D eigenvalue weighted by molar-refractivity contribution is 5.99. The van der Waals surface area contributed by atoms with Gasteiger partial charge in [-0.3, -0.25) is 14.7 Å². The molecule has 0 radical (unpaired) electrons. The number of carbonyl (C=O) groups excluding carboxylic acids is 1. The van der Waals surface area contributed by atoms with Crippen molar-refractivity contribution in [2.45, 2.75) is 12.8 Å². The third-order valence-electron chi connectivity index (χ3n) is 3.48. The lowest BCUT2D eigenvalue weighted by Crippen LogP contribution is -2.28. The van der Waals surface area contributed by atoms with Gasteiger partial charge in [0.2, 0.25) is 0 Å². The van der Waals surface area contributed by atoms with Crippen LogP contribution in [0.5, 0.6) is 5.75 Å². The van der Waals surface area contributed by atoms with Crippen molar-refractivity contribution < 1.29 is 19.4 Å². The van der Waals surface area contributed by atoms with Gasteiger partial charge in [0.15, 0.2) is 0 Å². The van der Waals surface area contributed by atoms with Crippen LogP contribution in [0.15, 0.2) is 30.5 Å². The lowest BCUT2D eigenvalue weighted by Gasteiger charge is -2.16. The second-order valence-corrected chi connectivity index (χ2v) is 5.11. The summed E-state index contributed by atoms with van der Waals surface area (Å²) in [6, 6.07) is 7.29. The molecule has 0 spiro atoms. The minimum Gasteiger partial charge on any atom is -0.497 e. The molecule has 1 aromatic carbocycles. The van der Waals surface area contributed by atoms with Crippen LogP contribution in [-0.2, 0) is 4.79 Å². The quantitative estimate of drug-likeness (QED) is 0.814. The number of H-pyrrole nitrogens is 1. The van der Waals surface area contributed by atoms with Gasteiger partial charge in [0.25, 0.3) is 5.91 Å². The van der Waals surface area contributed by atoms with Crippen LogP contribution in [0.25, 0.3) is 11.3 Å². The highest BCUT2D eigenvalue weighted by Crippen LogP contribution is 2.24. The van der Waals surface area contributed by atoms with Crippen LogP contribution in [0.3, 0.4) is 0 Å². The summed E-state index contributed by atoms with van der Waals surface area (Å²) in [7, 11) is 3.24. The Morgan fingerprint density at radius 3 is 2.61 bits per heavy atom. The minimum absolute atomic E-state index is 0.0361. The van der Waals surface area contributed by atoms with Crippen molar-refractivity contribution in [2.24, 2.45) is 0 Å². The Bertz CT molecular complexity index is 679. The number of aromatic nitrogens is 2. The molecule has 0 unspecified atom stereocenters. The van der Waals surface area contributed by atoms with Gasteiger partial charge in [0.05, 0.1) is 24.6 Å². The van der Waals surface area contributed by atoms with Gasteiger partial charge in [0.1, 0.15) is 5.75 Å². The lowest BCUT2D eigenvalue weighted by atomic mass is 10.1. The Morgan fingerprint density at radius 1 is 1.30 bits per heavy atom. The zero-order valence-corrected chi connectivity index (χ0v) is 13.1. The number of methoxy groups -OCH3 is 1. The van der Waals surface area contributed by atoms with Crippen molar-refractivity contribution in [1.29, 1.82) is 0 Å². The normalized spacial score (nSPS) is 10.3. The van der Waals surface area contributed by atoms with E-state index in [1.807, 2.05) is 12.1 Å². The van der Waals surface area contributed by atoms with E-state index in [0.717, 1.165) is 11.3 Å². The first-order valence-electron chi connectivity index (χ1n) is 7.18. The molecule has 2 rings (SSSR count). The fourth-order valence-corrected chi connectivity index (χ4v) is 2.20. The van der Waals surface area contributed by atoms with Crippen LogP contribution < -0.4 is 4.74 Å². The molecule has 23 heavy (non-hydrogen) atoms. The highest BCUT2D eigenvalue weighted by Gasteiger charge is 2.19. The summed E-state index contributed by atoms with van der Waals surface area (Å²) < 4.78 is 5.12. The van der Waals surface area contributed by atoms with Gasteiger partial charge in [-0.1, -0.05) is 0 Å². The number of aromatic amines is 1. The van der Waals surface area contributed by atoms with Crippen LogP contribution in [0, 0.1) is 0 Å². The summed E-state index contributed by atoms with van der Waals surface area (Å²) in [4.78, 5) is 24.5. The van der Waals surface area contributed by atoms with E-state index >= 15 is 0 Å². The molecular weight excluding hydrogens is 298 g/mol. The number of rotatable bonds is 7. The molecule has 0 aliphatic carbocycles. The first-order valence-corrected chi connectivity index (χ1v) is 7.18. The first-order chi connectivity index (χ1) is 11.0. The maximum absolute atomic E-state index is 12.5. The van der Waals surface area contributed by atoms with Crippen LogP contribution in [0.1, 0.15) is 23.2 Å². The van der Waals surface area contributed by atoms with E-state index in [9.17, 15) is 9.59 Å². The van der Waals surface area contributed by atoms with Crippen molar-refractivity contribution in [2.75, 3.05) is 20.7 Å². The summed E-state index contributed by atoms with van der Waals surface area (Å²) in [5, 5.41) is 15.4. The number of hydrogen-bond acceptors (Lipinski definition) is 4. The lowest BCUT2D eigenvalue weighted by molar-refractivity contribution is -0.137. The molecule has 0 aliphatic rings. The molecule has 2 aromatic rings. The number of nitrogens with zero attached hydrogens (tertiary/aromatic N) is 2. The van der Waals surface area contributed by atoms with Gasteiger partial charge < -0.3 is 14.7 Å². The summed E-state index contributed by atoms with van der Waals surface area (Å²) in [6.45, 7) is 0.373. The fourth-order valence-electron chi connectivity index (χ4n) is 2.20. The zero-order valence-electron chi connectivity index (χ0n) is 13.1. The Hall–Kier alpha value is -2.83. The average Bonchev–Trinajstić information content (AvgIpc) is 3.03. The van der Waals surface area contributed by atoms with Gasteiger partial charge in [-0.15, -0.1) is 0 Å². The summed E-state index contributed by atoms with van der Waals surface area (Å²) in [5.41, 5.74) is 1.90. The third kappa shape index (κ3) is 4.09. The molecule has 0 bridgehead atoms. The molecular formula is C16H19N3O4. The smallest absolute Gasteiger partial charge is 0.303 e. The van der Waals surface area contributed by atoms with Crippen molar-refractivity contribution in [1.82, 2.24) is 15.1 Å². The maximum atomic E-state index is 12.5. The second kappa shape index (κ2) is 7.44. The Kier molecular flexibility index (Phi) is 5.35. The molecule has 1 aromatic heterocycles. The summed E-state index contributed by atoms with van der Waals surface area (Å²) in [6.07, 6.45) is 1.93.